The molecule has 28 heavy (non-hydrogen) atoms. The molecule has 0 aromatic rings. The van der Waals surface area contributed by atoms with Crippen LogP contribution in [0.3, 0.4) is 0 Å². The molecule has 0 saturated heterocycles. The molecule has 2 aliphatic rings. The molecule has 0 spiro atoms. The molecule has 0 heterocycles. The first-order chi connectivity index (χ1) is 13.1. The molecular formula is C22H36O6. The number of hydrogen-bond acceptors (Lipinski definition) is 4. The first-order valence-electron chi connectivity index (χ1n) is 10.6. The quantitative estimate of drug-likeness (QED) is 0.696. The Kier molecular flexibility index (Phi) is 9.83. The van der Waals surface area contributed by atoms with Gasteiger partial charge in [0.1, 0.15) is 11.6 Å². The molecule has 0 aromatic carbocycles. The van der Waals surface area contributed by atoms with Crippen LogP contribution in [0.25, 0.3) is 0 Å². The van der Waals surface area contributed by atoms with Gasteiger partial charge in [0.25, 0.3) is 0 Å². The minimum Gasteiger partial charge on any atom is -0.481 e. The Balaban J connectivity index is 0.000000280. The second-order valence-electron chi connectivity index (χ2n) is 8.58. The fourth-order valence-corrected chi connectivity index (χ4v) is 4.60. The molecule has 0 aliphatic heterocycles. The molecular weight excluding hydrogens is 360 g/mol. The van der Waals surface area contributed by atoms with Gasteiger partial charge in [-0.1, -0.05) is 27.7 Å². The SMILES string of the molecule is CCC(=O)C1CC(C)CCC1C(=O)O.CCC(=O)C1CCC(C)CC1C(=O)O. The van der Waals surface area contributed by atoms with Gasteiger partial charge in [0, 0.05) is 24.7 Å². The largest absolute Gasteiger partial charge is 0.481 e. The molecule has 0 amide bonds. The number of rotatable bonds is 6. The number of carbonyl (C=O) groups is 4. The number of aliphatic carboxylic acids is 2. The first-order valence-corrected chi connectivity index (χ1v) is 10.6. The van der Waals surface area contributed by atoms with Gasteiger partial charge in [-0.05, 0) is 50.4 Å². The highest BCUT2D eigenvalue weighted by molar-refractivity contribution is 5.86. The summed E-state index contributed by atoms with van der Waals surface area (Å²) in [4.78, 5) is 45.0. The second-order valence-corrected chi connectivity index (χ2v) is 8.58. The summed E-state index contributed by atoms with van der Waals surface area (Å²) in [7, 11) is 0. The molecule has 2 rings (SSSR count). The zero-order chi connectivity index (χ0) is 21.4. The fraction of sp³-hybridized carbons (Fsp3) is 0.818. The smallest absolute Gasteiger partial charge is 0.307 e. The molecule has 2 aliphatic carbocycles. The normalized spacial score (nSPS) is 32.6. The lowest BCUT2D eigenvalue weighted by Crippen LogP contribution is -2.34. The van der Waals surface area contributed by atoms with E-state index in [1.165, 1.54) is 0 Å². The van der Waals surface area contributed by atoms with Gasteiger partial charge in [0.05, 0.1) is 11.8 Å². The zero-order valence-corrected chi connectivity index (χ0v) is 17.6. The van der Waals surface area contributed by atoms with Gasteiger partial charge in [-0.15, -0.1) is 0 Å². The van der Waals surface area contributed by atoms with Crippen molar-refractivity contribution in [1.29, 1.82) is 0 Å². The van der Waals surface area contributed by atoms with E-state index in [1.807, 2.05) is 0 Å². The predicted molar refractivity (Wildman–Crippen MR) is 106 cm³/mol. The summed E-state index contributed by atoms with van der Waals surface area (Å²) in [6.45, 7) is 7.76. The van der Waals surface area contributed by atoms with Crippen molar-refractivity contribution in [2.24, 2.45) is 35.5 Å². The first kappa shape index (κ1) is 24.3. The van der Waals surface area contributed by atoms with E-state index in [9.17, 15) is 19.2 Å². The van der Waals surface area contributed by atoms with E-state index >= 15 is 0 Å². The summed E-state index contributed by atoms with van der Waals surface area (Å²) in [6, 6.07) is 0. The molecule has 2 saturated carbocycles. The van der Waals surface area contributed by atoms with Crippen molar-refractivity contribution in [2.45, 2.75) is 79.1 Å². The minimum absolute atomic E-state index is 0.115. The third kappa shape index (κ3) is 6.71. The van der Waals surface area contributed by atoms with Crippen LogP contribution < -0.4 is 0 Å². The van der Waals surface area contributed by atoms with E-state index in [4.69, 9.17) is 10.2 Å². The lowest BCUT2D eigenvalue weighted by atomic mass is 9.72. The third-order valence-electron chi connectivity index (χ3n) is 6.38. The van der Waals surface area contributed by atoms with Gasteiger partial charge in [-0.2, -0.15) is 0 Å². The topological polar surface area (TPSA) is 109 Å². The minimum atomic E-state index is -0.802. The van der Waals surface area contributed by atoms with Crippen LogP contribution in [0.5, 0.6) is 0 Å². The summed E-state index contributed by atoms with van der Waals surface area (Å²) < 4.78 is 0. The molecule has 0 radical (unpaired) electrons. The lowest BCUT2D eigenvalue weighted by Gasteiger charge is -2.31. The number of hydrogen-bond donors (Lipinski definition) is 2. The summed E-state index contributed by atoms with van der Waals surface area (Å²) >= 11 is 0. The number of carbonyl (C=O) groups excluding carboxylic acids is 2. The van der Waals surface area contributed by atoms with Gasteiger partial charge in [0.2, 0.25) is 0 Å². The Morgan fingerprint density at radius 1 is 0.643 bits per heavy atom. The van der Waals surface area contributed by atoms with Gasteiger partial charge < -0.3 is 10.2 Å². The highest BCUT2D eigenvalue weighted by Gasteiger charge is 2.37. The van der Waals surface area contributed by atoms with Crippen LogP contribution in [0.1, 0.15) is 79.1 Å². The monoisotopic (exact) mass is 396 g/mol. The summed E-state index contributed by atoms with van der Waals surface area (Å²) in [5, 5.41) is 18.0. The maximum Gasteiger partial charge on any atom is 0.307 e. The van der Waals surface area contributed by atoms with E-state index in [0.717, 1.165) is 25.7 Å². The molecule has 6 unspecified atom stereocenters. The van der Waals surface area contributed by atoms with Crippen LogP contribution in [0.4, 0.5) is 0 Å². The van der Waals surface area contributed by atoms with Crippen molar-refractivity contribution in [3.63, 3.8) is 0 Å². The van der Waals surface area contributed by atoms with E-state index in [0.29, 0.717) is 37.5 Å². The molecule has 0 bridgehead atoms. The highest BCUT2D eigenvalue weighted by atomic mass is 16.4. The zero-order valence-electron chi connectivity index (χ0n) is 17.6. The highest BCUT2D eigenvalue weighted by Crippen LogP contribution is 2.36. The molecule has 6 heteroatoms. The molecule has 6 atom stereocenters. The van der Waals surface area contributed by atoms with Gasteiger partial charge >= 0.3 is 11.9 Å². The Labute approximate surface area is 168 Å². The lowest BCUT2D eigenvalue weighted by molar-refractivity contribution is -0.149. The third-order valence-corrected chi connectivity index (χ3v) is 6.38. The van der Waals surface area contributed by atoms with Gasteiger partial charge in [-0.25, -0.2) is 0 Å². The Morgan fingerprint density at radius 2 is 1.04 bits per heavy atom. The standard InChI is InChI=1S/2C11H18O3/c1-3-10(12)9-6-7(2)4-5-8(9)11(13)14;1-3-10(12)8-5-4-7(2)6-9(8)11(13)14/h2*7-9H,3-6H2,1-2H3,(H,13,14). The van der Waals surface area contributed by atoms with Crippen LogP contribution in [-0.4, -0.2) is 33.7 Å². The molecule has 6 nitrogen and oxygen atoms in total. The Morgan fingerprint density at radius 3 is 1.46 bits per heavy atom. The van der Waals surface area contributed by atoms with Gasteiger partial charge in [-0.3, -0.25) is 19.2 Å². The number of carboxylic acid groups (broad SMARTS) is 2. The number of Topliss-reactive ketones (excluding diaryl/α,β-unsaturated/α-hetero) is 2. The molecule has 2 N–H and O–H groups in total. The number of carboxylic acids is 2. The average molecular weight is 397 g/mol. The van der Waals surface area contributed by atoms with Crippen molar-refractivity contribution in [2.75, 3.05) is 0 Å². The van der Waals surface area contributed by atoms with Crippen LogP contribution >= 0.6 is 0 Å². The Bertz CT molecular complexity index is 569. The second kappa shape index (κ2) is 11.3. The predicted octanol–water partition coefficient (Wildman–Crippen LogP) is 4.21. The fourth-order valence-electron chi connectivity index (χ4n) is 4.60. The van der Waals surface area contributed by atoms with Gasteiger partial charge in [0.15, 0.2) is 0 Å². The molecule has 0 aromatic heterocycles. The Hall–Kier alpha value is -1.72. The maximum absolute atomic E-state index is 11.6. The summed E-state index contributed by atoms with van der Waals surface area (Å²) in [6.07, 6.45) is 5.67. The maximum atomic E-state index is 11.6. The van der Waals surface area contributed by atoms with Crippen molar-refractivity contribution in [3.05, 3.63) is 0 Å². The van der Waals surface area contributed by atoms with Crippen molar-refractivity contribution >= 4 is 23.5 Å². The summed E-state index contributed by atoms with van der Waals surface area (Å²) in [5.74, 6) is -1.77. The van der Waals surface area contributed by atoms with E-state index in [-0.39, 0.29) is 23.4 Å². The van der Waals surface area contributed by atoms with E-state index in [1.54, 1.807) is 13.8 Å². The molecule has 2 fully saturated rings. The van der Waals surface area contributed by atoms with E-state index < -0.39 is 23.8 Å². The molecule has 160 valence electrons. The van der Waals surface area contributed by atoms with Crippen LogP contribution in [0, 0.1) is 35.5 Å². The van der Waals surface area contributed by atoms with Crippen molar-refractivity contribution in [1.82, 2.24) is 0 Å². The van der Waals surface area contributed by atoms with Crippen LogP contribution in [0.2, 0.25) is 0 Å². The van der Waals surface area contributed by atoms with Crippen molar-refractivity contribution in [3.8, 4) is 0 Å². The summed E-state index contributed by atoms with van der Waals surface area (Å²) in [5.41, 5.74) is 0. The number of ketones is 2. The van der Waals surface area contributed by atoms with Crippen LogP contribution in [0.15, 0.2) is 0 Å². The van der Waals surface area contributed by atoms with Crippen molar-refractivity contribution < 1.29 is 29.4 Å². The average Bonchev–Trinajstić information content (AvgIpc) is 2.66. The van der Waals surface area contributed by atoms with E-state index in [2.05, 4.69) is 13.8 Å². The van der Waals surface area contributed by atoms with Crippen LogP contribution in [-0.2, 0) is 19.2 Å².